The molecule has 0 aliphatic carbocycles. The van der Waals surface area contributed by atoms with Crippen molar-refractivity contribution in [2.24, 2.45) is 0 Å². The summed E-state index contributed by atoms with van der Waals surface area (Å²) in [5.74, 6) is 0.407. The molecular formula is C30H27ClN4O3. The highest BCUT2D eigenvalue weighted by Crippen LogP contribution is 2.38. The first-order chi connectivity index (χ1) is 18.5. The fourth-order valence-corrected chi connectivity index (χ4v) is 4.54. The van der Waals surface area contributed by atoms with Crippen LogP contribution in [0.2, 0.25) is 5.02 Å². The van der Waals surface area contributed by atoms with Gasteiger partial charge in [0.05, 0.1) is 23.3 Å². The minimum atomic E-state index is -0.317. The number of ether oxygens (including phenoxy) is 2. The van der Waals surface area contributed by atoms with Crippen molar-refractivity contribution in [1.29, 1.82) is 10.5 Å². The fraction of sp³-hybridized carbons (Fsp3) is 0.233. The second-order valence-corrected chi connectivity index (χ2v) is 9.01. The van der Waals surface area contributed by atoms with Gasteiger partial charge < -0.3 is 19.3 Å². The average molecular weight is 527 g/mol. The van der Waals surface area contributed by atoms with Gasteiger partial charge >= 0.3 is 0 Å². The van der Waals surface area contributed by atoms with Crippen molar-refractivity contribution >= 4 is 29.3 Å². The van der Waals surface area contributed by atoms with Gasteiger partial charge in [-0.15, -0.1) is 0 Å². The molecule has 0 atom stereocenters. The molecule has 7 nitrogen and oxygen atoms in total. The highest BCUT2D eigenvalue weighted by Gasteiger charge is 2.24. The summed E-state index contributed by atoms with van der Waals surface area (Å²) in [7, 11) is 0. The third kappa shape index (κ3) is 6.26. The van der Waals surface area contributed by atoms with Gasteiger partial charge in [0.1, 0.15) is 18.2 Å². The smallest absolute Gasteiger partial charge is 0.264 e. The summed E-state index contributed by atoms with van der Waals surface area (Å²) in [6.07, 6.45) is 1.52. The van der Waals surface area contributed by atoms with Crippen molar-refractivity contribution < 1.29 is 14.3 Å². The molecule has 8 heteroatoms. The predicted molar refractivity (Wildman–Crippen MR) is 147 cm³/mol. The molecule has 192 valence electrons. The Hall–Kier alpha value is -4.46. The van der Waals surface area contributed by atoms with Gasteiger partial charge in [-0.1, -0.05) is 48.0 Å². The first kappa shape index (κ1) is 26.6. The third-order valence-electron chi connectivity index (χ3n) is 6.19. The summed E-state index contributed by atoms with van der Waals surface area (Å²) in [5.41, 5.74) is 2.93. The number of rotatable bonds is 8. The summed E-state index contributed by atoms with van der Waals surface area (Å²) in [4.78, 5) is 17.1. The molecule has 1 heterocycles. The molecule has 4 rings (SSSR count). The second-order valence-electron chi connectivity index (χ2n) is 8.61. The van der Waals surface area contributed by atoms with Gasteiger partial charge in [-0.25, -0.2) is 0 Å². The van der Waals surface area contributed by atoms with Crippen LogP contribution in [0.15, 0.2) is 72.3 Å². The molecular weight excluding hydrogens is 500 g/mol. The normalized spacial score (nSPS) is 13.4. The van der Waals surface area contributed by atoms with Crippen molar-refractivity contribution in [1.82, 2.24) is 4.90 Å². The minimum Gasteiger partial charge on any atom is -0.490 e. The number of anilines is 1. The first-order valence-electron chi connectivity index (χ1n) is 12.3. The van der Waals surface area contributed by atoms with Gasteiger partial charge in [0.15, 0.2) is 11.5 Å². The van der Waals surface area contributed by atoms with Crippen molar-refractivity contribution in [2.75, 3.05) is 37.7 Å². The van der Waals surface area contributed by atoms with Crippen LogP contribution in [0, 0.1) is 22.7 Å². The molecule has 1 amide bonds. The number of para-hydroxylation sites is 1. The quantitative estimate of drug-likeness (QED) is 0.286. The van der Waals surface area contributed by atoms with Crippen LogP contribution in [0.4, 0.5) is 5.69 Å². The lowest BCUT2D eigenvalue weighted by atomic mass is 10.1. The molecule has 1 fully saturated rings. The van der Waals surface area contributed by atoms with Crippen LogP contribution in [0.1, 0.15) is 23.6 Å². The van der Waals surface area contributed by atoms with Crippen LogP contribution in [0.25, 0.3) is 6.08 Å². The molecule has 1 aliphatic rings. The Balaban J connectivity index is 1.50. The van der Waals surface area contributed by atoms with Crippen molar-refractivity contribution in [3.8, 4) is 23.6 Å². The number of benzene rings is 3. The molecule has 0 radical (unpaired) electrons. The zero-order valence-electron chi connectivity index (χ0n) is 21.1. The van der Waals surface area contributed by atoms with Gasteiger partial charge in [0.25, 0.3) is 5.91 Å². The van der Waals surface area contributed by atoms with Crippen molar-refractivity contribution in [3.63, 3.8) is 0 Å². The standard InChI is InChI=1S/C30H27ClN4O3/c1-2-37-28-18-22(17-27(31)29(28)38-21-24-9-7-6-8-23(24)19-32)16-25(20-33)30(36)35-14-12-34(13-15-35)26-10-4-3-5-11-26/h3-11,16-18H,2,12-15,21H2,1H3/b25-16-. The Morgan fingerprint density at radius 1 is 1.00 bits per heavy atom. The number of hydrogen-bond donors (Lipinski definition) is 0. The average Bonchev–Trinajstić information content (AvgIpc) is 2.96. The van der Waals surface area contributed by atoms with E-state index in [2.05, 4.69) is 11.0 Å². The Kier molecular flexibility index (Phi) is 8.87. The second kappa shape index (κ2) is 12.7. The lowest BCUT2D eigenvalue weighted by Crippen LogP contribution is -2.49. The zero-order chi connectivity index (χ0) is 26.9. The summed E-state index contributed by atoms with van der Waals surface area (Å²) >= 11 is 6.56. The molecule has 0 saturated carbocycles. The van der Waals surface area contributed by atoms with Crippen LogP contribution >= 0.6 is 11.6 Å². The maximum Gasteiger partial charge on any atom is 0.264 e. The topological polar surface area (TPSA) is 89.6 Å². The Bertz CT molecular complexity index is 1400. The third-order valence-corrected chi connectivity index (χ3v) is 6.47. The van der Waals surface area contributed by atoms with Gasteiger partial charge in [0, 0.05) is 37.4 Å². The minimum absolute atomic E-state index is 0.0216. The predicted octanol–water partition coefficient (Wildman–Crippen LogP) is 5.45. The fourth-order valence-electron chi connectivity index (χ4n) is 4.26. The number of amides is 1. The van der Waals surface area contributed by atoms with E-state index in [1.165, 1.54) is 6.08 Å². The maximum atomic E-state index is 13.2. The van der Waals surface area contributed by atoms with E-state index in [-0.39, 0.29) is 23.1 Å². The molecule has 0 N–H and O–H groups in total. The molecule has 3 aromatic carbocycles. The number of nitrogens with zero attached hydrogens (tertiary/aromatic N) is 4. The van der Waals surface area contributed by atoms with E-state index < -0.39 is 0 Å². The SMILES string of the molecule is CCOc1cc(/C=C(/C#N)C(=O)N2CCN(c3ccccc3)CC2)cc(Cl)c1OCc1ccccc1C#N. The van der Waals surface area contributed by atoms with Gasteiger partial charge in [-0.3, -0.25) is 4.79 Å². The lowest BCUT2D eigenvalue weighted by Gasteiger charge is -2.36. The molecule has 1 saturated heterocycles. The van der Waals surface area contributed by atoms with Gasteiger partial charge in [-0.05, 0) is 48.9 Å². The van der Waals surface area contributed by atoms with Crippen LogP contribution in [-0.2, 0) is 11.4 Å². The summed E-state index contributed by atoms with van der Waals surface area (Å²) < 4.78 is 11.7. The number of carbonyl (C=O) groups excluding carboxylic acids is 1. The van der Waals surface area contributed by atoms with Gasteiger partial charge in [-0.2, -0.15) is 10.5 Å². The number of piperazine rings is 1. The molecule has 3 aromatic rings. The van der Waals surface area contributed by atoms with Crippen LogP contribution < -0.4 is 14.4 Å². The zero-order valence-corrected chi connectivity index (χ0v) is 21.8. The number of nitriles is 2. The maximum absolute atomic E-state index is 13.2. The molecule has 0 spiro atoms. The van der Waals surface area contributed by atoms with E-state index >= 15 is 0 Å². The molecule has 0 aromatic heterocycles. The highest BCUT2D eigenvalue weighted by atomic mass is 35.5. The summed E-state index contributed by atoms with van der Waals surface area (Å²) in [6, 6.07) is 24.7. The molecule has 0 bridgehead atoms. The Labute approximate surface area is 227 Å². The van der Waals surface area contributed by atoms with E-state index in [4.69, 9.17) is 21.1 Å². The highest BCUT2D eigenvalue weighted by molar-refractivity contribution is 6.32. The van der Waals surface area contributed by atoms with Crippen LogP contribution in [-0.4, -0.2) is 43.6 Å². The Morgan fingerprint density at radius 3 is 2.39 bits per heavy atom. The largest absolute Gasteiger partial charge is 0.490 e. The van der Waals surface area contributed by atoms with E-state index in [9.17, 15) is 15.3 Å². The van der Waals surface area contributed by atoms with E-state index in [0.717, 1.165) is 11.3 Å². The summed E-state index contributed by atoms with van der Waals surface area (Å²) in [5, 5.41) is 19.4. The first-order valence-corrected chi connectivity index (χ1v) is 12.7. The molecule has 0 unspecified atom stereocenters. The van der Waals surface area contributed by atoms with Crippen LogP contribution in [0.5, 0.6) is 11.5 Å². The number of halogens is 1. The van der Waals surface area contributed by atoms with E-state index in [0.29, 0.717) is 55.4 Å². The number of carbonyl (C=O) groups is 1. The number of hydrogen-bond acceptors (Lipinski definition) is 6. The molecule has 1 aliphatic heterocycles. The van der Waals surface area contributed by atoms with Gasteiger partial charge in [0.2, 0.25) is 0 Å². The van der Waals surface area contributed by atoms with Crippen LogP contribution in [0.3, 0.4) is 0 Å². The monoisotopic (exact) mass is 526 g/mol. The summed E-state index contributed by atoms with van der Waals surface area (Å²) in [6.45, 7) is 4.76. The lowest BCUT2D eigenvalue weighted by molar-refractivity contribution is -0.126. The van der Waals surface area contributed by atoms with E-state index in [1.54, 1.807) is 29.2 Å². The van der Waals surface area contributed by atoms with Crippen molar-refractivity contribution in [2.45, 2.75) is 13.5 Å². The molecule has 38 heavy (non-hydrogen) atoms. The van der Waals surface area contributed by atoms with E-state index in [1.807, 2.05) is 55.5 Å². The van der Waals surface area contributed by atoms with Crippen molar-refractivity contribution in [3.05, 3.63) is 94.0 Å². The Morgan fingerprint density at radius 2 is 1.71 bits per heavy atom.